The van der Waals surface area contributed by atoms with E-state index in [1.807, 2.05) is 30.3 Å². The monoisotopic (exact) mass is 289 g/mol. The van der Waals surface area contributed by atoms with Crippen molar-refractivity contribution in [1.29, 1.82) is 0 Å². The third kappa shape index (κ3) is 3.95. The molecule has 3 rings (SSSR count). The summed E-state index contributed by atoms with van der Waals surface area (Å²) < 4.78 is 5.23. The van der Waals surface area contributed by atoms with Crippen LogP contribution >= 0.6 is 0 Å². The summed E-state index contributed by atoms with van der Waals surface area (Å²) in [5, 5.41) is 6.36. The molecule has 1 amide bonds. The number of alkyl carbamates (subject to hydrolysis) is 1. The van der Waals surface area contributed by atoms with Gasteiger partial charge in [0.2, 0.25) is 0 Å². The Morgan fingerprint density at radius 3 is 2.86 bits per heavy atom. The number of piperidine rings is 1. The summed E-state index contributed by atoms with van der Waals surface area (Å²) in [5.41, 5.74) is 1.01. The molecule has 1 atom stereocenters. The van der Waals surface area contributed by atoms with Crippen molar-refractivity contribution in [3.63, 3.8) is 0 Å². The minimum absolute atomic E-state index is 0.232. The molecule has 1 aromatic carbocycles. The van der Waals surface area contributed by atoms with Gasteiger partial charge in [-0.1, -0.05) is 30.3 Å². The van der Waals surface area contributed by atoms with Crippen molar-refractivity contribution >= 4 is 6.09 Å². The van der Waals surface area contributed by atoms with Gasteiger partial charge in [0.15, 0.2) is 0 Å². The molecule has 0 spiro atoms. The lowest BCUT2D eigenvalue weighted by molar-refractivity contribution is 0.0559. The van der Waals surface area contributed by atoms with E-state index in [0.29, 0.717) is 12.6 Å². The van der Waals surface area contributed by atoms with Crippen molar-refractivity contribution in [1.82, 2.24) is 15.5 Å². The molecule has 114 valence electrons. The molecular formula is C16H23N3O2. The number of nitrogens with zero attached hydrogens (tertiary/aromatic N) is 1. The van der Waals surface area contributed by atoms with Crippen LogP contribution in [0.1, 0.15) is 18.4 Å². The molecule has 5 nitrogen and oxygen atoms in total. The minimum atomic E-state index is -0.315. The molecule has 0 aliphatic carbocycles. The van der Waals surface area contributed by atoms with Crippen molar-refractivity contribution in [2.75, 3.05) is 26.2 Å². The van der Waals surface area contributed by atoms with E-state index in [2.05, 4.69) is 15.5 Å². The standard InChI is InChI=1S/C16H23N3O2/c20-16(21-12-13-5-2-1-3-6-13)18-14-10-19(11-14)15-7-4-8-17-9-15/h1-3,5-6,14-15,17H,4,7-12H2,(H,18,20)/t15-/m1/s1. The minimum Gasteiger partial charge on any atom is -0.445 e. The van der Waals surface area contributed by atoms with Gasteiger partial charge in [0.25, 0.3) is 0 Å². The van der Waals surface area contributed by atoms with E-state index in [1.54, 1.807) is 0 Å². The lowest BCUT2D eigenvalue weighted by atomic mass is 9.99. The predicted octanol–water partition coefficient (Wildman–Crippen LogP) is 1.35. The third-order valence-electron chi connectivity index (χ3n) is 4.23. The number of benzene rings is 1. The van der Waals surface area contributed by atoms with Gasteiger partial charge in [-0.2, -0.15) is 0 Å². The van der Waals surface area contributed by atoms with Crippen LogP contribution < -0.4 is 10.6 Å². The second-order valence-electron chi connectivity index (χ2n) is 5.86. The van der Waals surface area contributed by atoms with E-state index < -0.39 is 0 Å². The van der Waals surface area contributed by atoms with Gasteiger partial charge in [-0.25, -0.2) is 4.79 Å². The Kier molecular flexibility index (Phi) is 4.72. The largest absolute Gasteiger partial charge is 0.445 e. The van der Waals surface area contributed by atoms with Gasteiger partial charge in [0.05, 0.1) is 6.04 Å². The molecule has 2 fully saturated rings. The number of carbonyl (C=O) groups excluding carboxylic acids is 1. The van der Waals surface area contributed by atoms with Crippen LogP contribution in [0.5, 0.6) is 0 Å². The lowest BCUT2D eigenvalue weighted by Gasteiger charge is -2.45. The topological polar surface area (TPSA) is 53.6 Å². The molecule has 2 aliphatic rings. The highest BCUT2D eigenvalue weighted by atomic mass is 16.5. The number of rotatable bonds is 4. The van der Waals surface area contributed by atoms with E-state index in [1.165, 1.54) is 12.8 Å². The molecule has 2 heterocycles. The molecule has 0 unspecified atom stereocenters. The van der Waals surface area contributed by atoms with E-state index in [-0.39, 0.29) is 12.1 Å². The summed E-state index contributed by atoms with van der Waals surface area (Å²) in [6.07, 6.45) is 2.20. The first-order valence-corrected chi connectivity index (χ1v) is 7.73. The van der Waals surface area contributed by atoms with Gasteiger partial charge < -0.3 is 15.4 Å². The smallest absolute Gasteiger partial charge is 0.407 e. The zero-order valence-electron chi connectivity index (χ0n) is 12.3. The Hall–Kier alpha value is -1.59. The number of ether oxygens (including phenoxy) is 1. The summed E-state index contributed by atoms with van der Waals surface area (Å²) in [5.74, 6) is 0. The molecule has 0 radical (unpaired) electrons. The first-order valence-electron chi connectivity index (χ1n) is 7.73. The van der Waals surface area contributed by atoms with Crippen molar-refractivity contribution in [2.24, 2.45) is 0 Å². The molecule has 2 N–H and O–H groups in total. The van der Waals surface area contributed by atoms with Crippen LogP contribution in [-0.4, -0.2) is 49.3 Å². The number of hydrogen-bond donors (Lipinski definition) is 2. The second-order valence-corrected chi connectivity index (χ2v) is 5.86. The summed E-state index contributed by atoms with van der Waals surface area (Å²) in [4.78, 5) is 14.2. The van der Waals surface area contributed by atoms with Crippen molar-refractivity contribution < 1.29 is 9.53 Å². The van der Waals surface area contributed by atoms with Crippen molar-refractivity contribution in [3.8, 4) is 0 Å². The maximum atomic E-state index is 11.7. The van der Waals surface area contributed by atoms with Crippen LogP contribution in [0.4, 0.5) is 4.79 Å². The van der Waals surface area contributed by atoms with Gasteiger partial charge in [-0.3, -0.25) is 4.90 Å². The van der Waals surface area contributed by atoms with Crippen LogP contribution in [0, 0.1) is 0 Å². The first-order chi connectivity index (χ1) is 10.3. The first kappa shape index (κ1) is 14.4. The van der Waals surface area contributed by atoms with Gasteiger partial charge in [-0.05, 0) is 24.9 Å². The predicted molar refractivity (Wildman–Crippen MR) is 81.0 cm³/mol. The van der Waals surface area contributed by atoms with Gasteiger partial charge >= 0.3 is 6.09 Å². The van der Waals surface area contributed by atoms with E-state index in [0.717, 1.165) is 31.7 Å². The fourth-order valence-electron chi connectivity index (χ4n) is 2.98. The molecule has 2 saturated heterocycles. The van der Waals surface area contributed by atoms with Gasteiger partial charge in [-0.15, -0.1) is 0 Å². The normalized spacial score (nSPS) is 23.3. The Morgan fingerprint density at radius 2 is 2.14 bits per heavy atom. The average Bonchev–Trinajstić information content (AvgIpc) is 2.50. The van der Waals surface area contributed by atoms with Crippen LogP contribution in [-0.2, 0) is 11.3 Å². The summed E-state index contributed by atoms with van der Waals surface area (Å²) >= 11 is 0. The Balaban J connectivity index is 1.33. The SMILES string of the molecule is O=C(NC1CN([C@@H]2CCCNC2)C1)OCc1ccccc1. The number of carbonyl (C=O) groups is 1. The second kappa shape index (κ2) is 6.91. The van der Waals surface area contributed by atoms with E-state index in [4.69, 9.17) is 4.74 Å². The highest BCUT2D eigenvalue weighted by molar-refractivity contribution is 5.67. The fourth-order valence-corrected chi connectivity index (χ4v) is 2.98. The molecule has 0 saturated carbocycles. The summed E-state index contributed by atoms with van der Waals surface area (Å²) in [6.45, 7) is 4.41. The molecular weight excluding hydrogens is 266 g/mol. The van der Waals surface area contributed by atoms with Crippen LogP contribution in [0.25, 0.3) is 0 Å². The van der Waals surface area contributed by atoms with Gasteiger partial charge in [0.1, 0.15) is 6.61 Å². The fraction of sp³-hybridized carbons (Fsp3) is 0.562. The van der Waals surface area contributed by atoms with Crippen molar-refractivity contribution in [2.45, 2.75) is 31.5 Å². The van der Waals surface area contributed by atoms with Crippen LogP contribution in [0.2, 0.25) is 0 Å². The maximum Gasteiger partial charge on any atom is 0.407 e. The highest BCUT2D eigenvalue weighted by Crippen LogP contribution is 2.17. The van der Waals surface area contributed by atoms with Crippen LogP contribution in [0.15, 0.2) is 30.3 Å². The third-order valence-corrected chi connectivity index (χ3v) is 4.23. The summed E-state index contributed by atoms with van der Waals surface area (Å²) in [7, 11) is 0. The number of likely N-dealkylation sites (tertiary alicyclic amines) is 1. The van der Waals surface area contributed by atoms with Crippen LogP contribution in [0.3, 0.4) is 0 Å². The quantitative estimate of drug-likeness (QED) is 0.878. The highest BCUT2D eigenvalue weighted by Gasteiger charge is 2.33. The molecule has 0 aromatic heterocycles. The zero-order valence-corrected chi connectivity index (χ0v) is 12.3. The number of amides is 1. The Morgan fingerprint density at radius 1 is 1.33 bits per heavy atom. The number of hydrogen-bond acceptors (Lipinski definition) is 4. The molecule has 5 heteroatoms. The zero-order chi connectivity index (χ0) is 14.5. The molecule has 21 heavy (non-hydrogen) atoms. The molecule has 2 aliphatic heterocycles. The van der Waals surface area contributed by atoms with Gasteiger partial charge in [0, 0.05) is 25.7 Å². The van der Waals surface area contributed by atoms with Crippen molar-refractivity contribution in [3.05, 3.63) is 35.9 Å². The van der Waals surface area contributed by atoms with E-state index in [9.17, 15) is 4.79 Å². The maximum absolute atomic E-state index is 11.7. The van der Waals surface area contributed by atoms with E-state index >= 15 is 0 Å². The average molecular weight is 289 g/mol. The Bertz CT molecular complexity index is 454. The lowest BCUT2D eigenvalue weighted by Crippen LogP contribution is -2.64. The summed E-state index contributed by atoms with van der Waals surface area (Å²) in [6, 6.07) is 10.6. The Labute approximate surface area is 125 Å². The molecule has 0 bridgehead atoms. The number of nitrogens with one attached hydrogen (secondary N) is 2. The molecule has 1 aromatic rings.